The number of nitrogens with one attached hydrogen (secondary N) is 2. The normalized spacial score (nSPS) is 16.6. The molecular formula is C25H20F4N2O4. The molecule has 0 aliphatic heterocycles. The van der Waals surface area contributed by atoms with E-state index in [4.69, 9.17) is 4.74 Å². The van der Waals surface area contributed by atoms with E-state index in [2.05, 4.69) is 10.3 Å². The second kappa shape index (κ2) is 8.23. The monoisotopic (exact) mass is 488 g/mol. The Labute approximate surface area is 196 Å². The number of aliphatic hydroxyl groups is 1. The smallest absolute Gasteiger partial charge is 0.416 e. The zero-order chi connectivity index (χ0) is 25.0. The van der Waals surface area contributed by atoms with Crippen molar-refractivity contribution >= 4 is 11.6 Å². The molecule has 6 nitrogen and oxygen atoms in total. The number of aromatic nitrogens is 1. The van der Waals surface area contributed by atoms with Gasteiger partial charge >= 0.3 is 6.18 Å². The number of benzene rings is 2. The number of aromatic amines is 1. The molecule has 2 aromatic carbocycles. The maximum atomic E-state index is 13.9. The summed E-state index contributed by atoms with van der Waals surface area (Å²) in [5.74, 6) is -1.98. The third kappa shape index (κ3) is 4.79. The minimum atomic E-state index is -4.71. The molecule has 182 valence electrons. The lowest BCUT2D eigenvalue weighted by molar-refractivity contribution is -0.138. The van der Waals surface area contributed by atoms with E-state index in [1.165, 1.54) is 24.4 Å². The molecule has 2 fully saturated rings. The van der Waals surface area contributed by atoms with Gasteiger partial charge in [0.25, 0.3) is 5.91 Å². The molecule has 2 saturated carbocycles. The highest BCUT2D eigenvalue weighted by molar-refractivity contribution is 6.06. The summed E-state index contributed by atoms with van der Waals surface area (Å²) in [5, 5.41) is 13.0. The van der Waals surface area contributed by atoms with Crippen molar-refractivity contribution in [3.8, 4) is 11.5 Å². The van der Waals surface area contributed by atoms with Crippen molar-refractivity contribution in [1.29, 1.82) is 0 Å². The molecule has 3 aromatic rings. The van der Waals surface area contributed by atoms with Gasteiger partial charge in [-0.2, -0.15) is 13.2 Å². The van der Waals surface area contributed by atoms with Gasteiger partial charge in [0, 0.05) is 23.5 Å². The number of amides is 1. The van der Waals surface area contributed by atoms with Gasteiger partial charge in [-0.1, -0.05) is 0 Å². The Bertz CT molecular complexity index is 1370. The fourth-order valence-corrected chi connectivity index (χ4v) is 4.02. The summed E-state index contributed by atoms with van der Waals surface area (Å²) in [6.07, 6.45) is -1.52. The first-order valence-corrected chi connectivity index (χ1v) is 11.0. The van der Waals surface area contributed by atoms with Gasteiger partial charge < -0.3 is 20.1 Å². The van der Waals surface area contributed by atoms with Crippen molar-refractivity contribution in [3.05, 3.63) is 87.1 Å². The zero-order valence-corrected chi connectivity index (χ0v) is 18.2. The van der Waals surface area contributed by atoms with Crippen molar-refractivity contribution in [2.75, 3.05) is 5.32 Å². The summed E-state index contributed by atoms with van der Waals surface area (Å²) in [6.45, 7) is 0. The Hall–Kier alpha value is -3.66. The predicted octanol–water partition coefficient (Wildman–Crippen LogP) is 5.44. The molecule has 0 spiro atoms. The fraction of sp³-hybridized carbons (Fsp3) is 0.280. The van der Waals surface area contributed by atoms with Crippen LogP contribution in [-0.4, -0.2) is 16.0 Å². The van der Waals surface area contributed by atoms with Gasteiger partial charge in [-0.15, -0.1) is 0 Å². The highest BCUT2D eigenvalue weighted by Crippen LogP contribution is 2.51. The molecule has 0 atom stereocenters. The summed E-state index contributed by atoms with van der Waals surface area (Å²) in [5.41, 5.74) is -2.91. The van der Waals surface area contributed by atoms with Crippen LogP contribution in [0.5, 0.6) is 11.5 Å². The zero-order valence-electron chi connectivity index (χ0n) is 18.2. The predicted molar refractivity (Wildman–Crippen MR) is 118 cm³/mol. The van der Waals surface area contributed by atoms with Crippen molar-refractivity contribution in [2.24, 2.45) is 0 Å². The van der Waals surface area contributed by atoms with E-state index >= 15 is 0 Å². The maximum Gasteiger partial charge on any atom is 0.416 e. The Morgan fingerprint density at radius 3 is 2.46 bits per heavy atom. The number of carbonyl (C=O) groups is 1. The summed E-state index contributed by atoms with van der Waals surface area (Å²) in [6, 6.07) is 7.88. The summed E-state index contributed by atoms with van der Waals surface area (Å²) in [4.78, 5) is 27.0. The van der Waals surface area contributed by atoms with Crippen LogP contribution in [0.1, 0.15) is 58.6 Å². The van der Waals surface area contributed by atoms with Crippen molar-refractivity contribution in [3.63, 3.8) is 0 Å². The average molecular weight is 488 g/mol. The fourth-order valence-electron chi connectivity index (χ4n) is 4.02. The number of alkyl halides is 3. The summed E-state index contributed by atoms with van der Waals surface area (Å²) in [7, 11) is 0. The van der Waals surface area contributed by atoms with Crippen LogP contribution in [-0.2, 0) is 11.8 Å². The van der Waals surface area contributed by atoms with E-state index in [-0.39, 0.29) is 34.2 Å². The molecule has 35 heavy (non-hydrogen) atoms. The number of pyridine rings is 1. The lowest BCUT2D eigenvalue weighted by Gasteiger charge is -2.20. The third-order valence-electron chi connectivity index (χ3n) is 6.14. The number of H-pyrrole nitrogens is 1. The summed E-state index contributed by atoms with van der Waals surface area (Å²) >= 11 is 0. The van der Waals surface area contributed by atoms with E-state index in [9.17, 15) is 32.3 Å². The molecule has 1 amide bonds. The largest absolute Gasteiger partial charge is 0.456 e. The molecule has 0 unspecified atom stereocenters. The third-order valence-corrected chi connectivity index (χ3v) is 6.14. The number of rotatable bonds is 6. The van der Waals surface area contributed by atoms with E-state index in [0.29, 0.717) is 25.7 Å². The van der Waals surface area contributed by atoms with Crippen LogP contribution in [0.25, 0.3) is 0 Å². The minimum absolute atomic E-state index is 0.00833. The first-order valence-electron chi connectivity index (χ1n) is 11.0. The minimum Gasteiger partial charge on any atom is -0.456 e. The van der Waals surface area contributed by atoms with Gasteiger partial charge in [-0.3, -0.25) is 9.59 Å². The first kappa shape index (κ1) is 23.1. The number of anilines is 1. The van der Waals surface area contributed by atoms with E-state index in [0.717, 1.165) is 24.3 Å². The van der Waals surface area contributed by atoms with Crippen LogP contribution in [0.15, 0.2) is 53.5 Å². The number of ether oxygens (including phenoxy) is 1. The molecule has 0 bridgehead atoms. The molecule has 10 heteroatoms. The molecule has 2 aliphatic carbocycles. The standard InChI is InChI=1S/C25H20F4N2O4/c26-14-3-4-20(19(9-14)24(34)6-7-24)35-21-12-16(13-1-2-13)18(25(27,28)29)11-17(21)23(33)31-15-5-8-30-22(32)10-15/h3-5,8-13,34H,1-2,6-7H2,(H2,30,31,32,33). The number of hydrogen-bond acceptors (Lipinski definition) is 4. The highest BCUT2D eigenvalue weighted by Gasteiger charge is 2.45. The van der Waals surface area contributed by atoms with Crippen molar-refractivity contribution < 1.29 is 32.2 Å². The molecule has 0 radical (unpaired) electrons. The Balaban J connectivity index is 1.61. The van der Waals surface area contributed by atoms with Gasteiger partial charge in [0.1, 0.15) is 17.3 Å². The molecule has 0 saturated heterocycles. The van der Waals surface area contributed by atoms with Gasteiger partial charge in [-0.25, -0.2) is 4.39 Å². The topological polar surface area (TPSA) is 91.4 Å². The van der Waals surface area contributed by atoms with Crippen LogP contribution in [0.4, 0.5) is 23.2 Å². The Kier molecular flexibility index (Phi) is 5.43. The first-order chi connectivity index (χ1) is 16.5. The van der Waals surface area contributed by atoms with Crippen LogP contribution in [0.3, 0.4) is 0 Å². The molecule has 1 heterocycles. The Morgan fingerprint density at radius 1 is 1.09 bits per heavy atom. The van der Waals surface area contributed by atoms with Crippen LogP contribution < -0.4 is 15.6 Å². The molecular weight excluding hydrogens is 468 g/mol. The second-order valence-electron chi connectivity index (χ2n) is 8.88. The van der Waals surface area contributed by atoms with Crippen molar-refractivity contribution in [1.82, 2.24) is 4.98 Å². The van der Waals surface area contributed by atoms with E-state index in [1.807, 2.05) is 0 Å². The number of halogens is 4. The van der Waals surface area contributed by atoms with Crippen LogP contribution in [0.2, 0.25) is 0 Å². The van der Waals surface area contributed by atoms with Crippen LogP contribution >= 0.6 is 0 Å². The van der Waals surface area contributed by atoms with Gasteiger partial charge in [0.05, 0.1) is 16.7 Å². The molecule has 5 rings (SSSR count). The number of hydrogen-bond donors (Lipinski definition) is 3. The molecule has 1 aromatic heterocycles. The van der Waals surface area contributed by atoms with Crippen molar-refractivity contribution in [2.45, 2.75) is 43.4 Å². The van der Waals surface area contributed by atoms with E-state index < -0.39 is 40.2 Å². The maximum absolute atomic E-state index is 13.9. The van der Waals surface area contributed by atoms with Crippen LogP contribution in [0, 0.1) is 5.82 Å². The second-order valence-corrected chi connectivity index (χ2v) is 8.88. The summed E-state index contributed by atoms with van der Waals surface area (Å²) < 4.78 is 61.5. The average Bonchev–Trinajstić information content (AvgIpc) is 3.71. The lowest BCUT2D eigenvalue weighted by Crippen LogP contribution is -2.18. The SMILES string of the molecule is O=C(Nc1cc[nH]c(=O)c1)c1cc(C(F)(F)F)c(C2CC2)cc1Oc1ccc(F)cc1C1(O)CC1. The van der Waals surface area contributed by atoms with E-state index in [1.54, 1.807) is 0 Å². The van der Waals surface area contributed by atoms with Gasteiger partial charge in [0.2, 0.25) is 5.56 Å². The van der Waals surface area contributed by atoms with Gasteiger partial charge in [0.15, 0.2) is 0 Å². The van der Waals surface area contributed by atoms with Gasteiger partial charge in [-0.05, 0) is 73.6 Å². The lowest BCUT2D eigenvalue weighted by atomic mass is 9.98. The highest BCUT2D eigenvalue weighted by atomic mass is 19.4. The quantitative estimate of drug-likeness (QED) is 0.403. The molecule has 3 N–H and O–H groups in total. The Morgan fingerprint density at radius 2 is 1.83 bits per heavy atom. The molecule has 2 aliphatic rings. The number of carbonyl (C=O) groups excluding carboxylic acids is 1.